The molecule has 1 aliphatic rings. The van der Waals surface area contributed by atoms with E-state index in [2.05, 4.69) is 30.2 Å². The largest absolute Gasteiger partial charge is 0.312 e. The van der Waals surface area contributed by atoms with E-state index in [1.54, 1.807) is 0 Å². The summed E-state index contributed by atoms with van der Waals surface area (Å²) in [5, 5.41) is 3.37. The quantitative estimate of drug-likeness (QED) is 0.706. The summed E-state index contributed by atoms with van der Waals surface area (Å²) in [6, 6.07) is 2.29. The number of aromatic nitrogens is 1. The maximum Gasteiger partial charge on any atom is 0.0461 e. The summed E-state index contributed by atoms with van der Waals surface area (Å²) in [7, 11) is 0. The minimum absolute atomic E-state index is 0.583. The first kappa shape index (κ1) is 8.70. The van der Waals surface area contributed by atoms with Gasteiger partial charge in [0.25, 0.3) is 0 Å². The van der Waals surface area contributed by atoms with E-state index in [-0.39, 0.29) is 0 Å². The maximum absolute atomic E-state index is 4.50. The Morgan fingerprint density at radius 2 is 2.31 bits per heavy atom. The molecular weight excluding hydrogens is 160 g/mol. The fourth-order valence-electron chi connectivity index (χ4n) is 1.68. The molecule has 0 bridgehead atoms. The van der Waals surface area contributed by atoms with Crippen LogP contribution >= 0.6 is 0 Å². The van der Waals surface area contributed by atoms with E-state index in [1.165, 1.54) is 16.8 Å². The standard InChI is InChI=1S/C11H16N2/c1-8(2)9-5-10-6-12-4-3-11(10)13-7-9/h5,7-8,12H,3-4,6H2,1-2H3. The second kappa shape index (κ2) is 3.46. The van der Waals surface area contributed by atoms with Crippen LogP contribution in [0.2, 0.25) is 0 Å². The predicted octanol–water partition coefficient (Wildman–Crippen LogP) is 1.85. The first-order valence-electron chi connectivity index (χ1n) is 4.96. The molecule has 0 radical (unpaired) electrons. The van der Waals surface area contributed by atoms with Gasteiger partial charge in [0.2, 0.25) is 0 Å². The number of rotatable bonds is 1. The highest BCUT2D eigenvalue weighted by molar-refractivity contribution is 5.28. The average Bonchev–Trinajstić information content (AvgIpc) is 2.17. The lowest BCUT2D eigenvalue weighted by molar-refractivity contribution is 0.627. The van der Waals surface area contributed by atoms with Gasteiger partial charge in [-0.05, 0) is 17.0 Å². The van der Waals surface area contributed by atoms with Gasteiger partial charge < -0.3 is 5.32 Å². The third kappa shape index (κ3) is 1.73. The lowest BCUT2D eigenvalue weighted by atomic mass is 10.00. The average molecular weight is 176 g/mol. The lowest BCUT2D eigenvalue weighted by Crippen LogP contribution is -2.24. The van der Waals surface area contributed by atoms with Crippen molar-refractivity contribution in [2.24, 2.45) is 0 Å². The zero-order valence-corrected chi connectivity index (χ0v) is 8.30. The van der Waals surface area contributed by atoms with Gasteiger partial charge in [-0.25, -0.2) is 0 Å². The van der Waals surface area contributed by atoms with Gasteiger partial charge in [0.1, 0.15) is 0 Å². The number of pyridine rings is 1. The van der Waals surface area contributed by atoms with Crippen molar-refractivity contribution in [3.63, 3.8) is 0 Å². The minimum Gasteiger partial charge on any atom is -0.312 e. The smallest absolute Gasteiger partial charge is 0.0461 e. The molecule has 0 unspecified atom stereocenters. The molecule has 1 N–H and O–H groups in total. The third-order valence-corrected chi connectivity index (χ3v) is 2.60. The normalized spacial score (nSPS) is 15.9. The highest BCUT2D eigenvalue weighted by Crippen LogP contribution is 2.18. The zero-order chi connectivity index (χ0) is 9.26. The van der Waals surface area contributed by atoms with Gasteiger partial charge in [0, 0.05) is 31.4 Å². The summed E-state index contributed by atoms with van der Waals surface area (Å²) in [6.45, 7) is 6.48. The van der Waals surface area contributed by atoms with E-state index in [4.69, 9.17) is 0 Å². The maximum atomic E-state index is 4.50. The van der Waals surface area contributed by atoms with Gasteiger partial charge in [0.05, 0.1) is 0 Å². The summed E-state index contributed by atoms with van der Waals surface area (Å²) in [5.41, 5.74) is 4.02. The van der Waals surface area contributed by atoms with Crippen molar-refractivity contribution in [3.8, 4) is 0 Å². The molecule has 0 aliphatic carbocycles. The van der Waals surface area contributed by atoms with Crippen molar-refractivity contribution in [1.82, 2.24) is 10.3 Å². The van der Waals surface area contributed by atoms with Crippen molar-refractivity contribution in [3.05, 3.63) is 29.1 Å². The molecule has 0 saturated carbocycles. The van der Waals surface area contributed by atoms with Crippen LogP contribution in [0.4, 0.5) is 0 Å². The summed E-state index contributed by atoms with van der Waals surface area (Å²) >= 11 is 0. The zero-order valence-electron chi connectivity index (χ0n) is 8.30. The molecule has 1 aromatic rings. The molecule has 2 heteroatoms. The topological polar surface area (TPSA) is 24.9 Å². The number of nitrogens with one attached hydrogen (secondary N) is 1. The van der Waals surface area contributed by atoms with E-state index in [9.17, 15) is 0 Å². The van der Waals surface area contributed by atoms with Crippen LogP contribution in [0.1, 0.15) is 36.6 Å². The SMILES string of the molecule is CC(C)c1cnc2c(c1)CNCC2. The number of nitrogens with zero attached hydrogens (tertiary/aromatic N) is 1. The molecule has 0 aromatic carbocycles. The number of hydrogen-bond donors (Lipinski definition) is 1. The van der Waals surface area contributed by atoms with Gasteiger partial charge in [-0.2, -0.15) is 0 Å². The first-order chi connectivity index (χ1) is 6.27. The van der Waals surface area contributed by atoms with Crippen molar-refractivity contribution in [1.29, 1.82) is 0 Å². The number of hydrogen-bond acceptors (Lipinski definition) is 2. The van der Waals surface area contributed by atoms with Crippen molar-refractivity contribution in [2.45, 2.75) is 32.7 Å². The molecule has 0 fully saturated rings. The second-order valence-corrected chi connectivity index (χ2v) is 3.96. The summed E-state index contributed by atoms with van der Waals surface area (Å²) < 4.78 is 0. The summed E-state index contributed by atoms with van der Waals surface area (Å²) in [4.78, 5) is 4.50. The monoisotopic (exact) mass is 176 g/mol. The van der Waals surface area contributed by atoms with Crippen LogP contribution in [0.5, 0.6) is 0 Å². The van der Waals surface area contributed by atoms with Gasteiger partial charge >= 0.3 is 0 Å². The van der Waals surface area contributed by atoms with E-state index in [1.807, 2.05) is 6.20 Å². The third-order valence-electron chi connectivity index (χ3n) is 2.60. The van der Waals surface area contributed by atoms with Crippen LogP contribution in [0.3, 0.4) is 0 Å². The van der Waals surface area contributed by atoms with Gasteiger partial charge in [-0.15, -0.1) is 0 Å². The van der Waals surface area contributed by atoms with Gasteiger partial charge in [-0.1, -0.05) is 19.9 Å². The Kier molecular flexibility index (Phi) is 2.32. The van der Waals surface area contributed by atoms with E-state index < -0.39 is 0 Å². The molecule has 0 amide bonds. The molecule has 1 aliphatic heterocycles. The molecule has 0 spiro atoms. The molecule has 1 aromatic heterocycles. The Hall–Kier alpha value is -0.890. The molecule has 2 nitrogen and oxygen atoms in total. The van der Waals surface area contributed by atoms with E-state index >= 15 is 0 Å². The molecule has 2 heterocycles. The molecular formula is C11H16N2. The van der Waals surface area contributed by atoms with Crippen LogP contribution in [0.15, 0.2) is 12.3 Å². The van der Waals surface area contributed by atoms with Crippen LogP contribution in [-0.2, 0) is 13.0 Å². The molecule has 0 atom stereocenters. The van der Waals surface area contributed by atoms with Crippen molar-refractivity contribution < 1.29 is 0 Å². The number of fused-ring (bicyclic) bond motifs is 1. The predicted molar refractivity (Wildman–Crippen MR) is 53.7 cm³/mol. The van der Waals surface area contributed by atoms with Crippen LogP contribution < -0.4 is 5.32 Å². The van der Waals surface area contributed by atoms with Gasteiger partial charge in [-0.3, -0.25) is 4.98 Å². The van der Waals surface area contributed by atoms with Gasteiger partial charge in [0.15, 0.2) is 0 Å². The van der Waals surface area contributed by atoms with Crippen molar-refractivity contribution >= 4 is 0 Å². The molecule has 0 saturated heterocycles. The fourth-order valence-corrected chi connectivity index (χ4v) is 1.68. The Bertz CT molecular complexity index is 305. The van der Waals surface area contributed by atoms with Crippen LogP contribution in [0, 0.1) is 0 Å². The second-order valence-electron chi connectivity index (χ2n) is 3.96. The highest BCUT2D eigenvalue weighted by atomic mass is 14.9. The Balaban J connectivity index is 2.35. The molecule has 13 heavy (non-hydrogen) atoms. The van der Waals surface area contributed by atoms with Crippen LogP contribution in [-0.4, -0.2) is 11.5 Å². The van der Waals surface area contributed by atoms with Crippen molar-refractivity contribution in [2.75, 3.05) is 6.54 Å². The van der Waals surface area contributed by atoms with E-state index in [0.717, 1.165) is 19.5 Å². The molecule has 2 rings (SSSR count). The lowest BCUT2D eigenvalue weighted by Gasteiger charge is -2.17. The highest BCUT2D eigenvalue weighted by Gasteiger charge is 2.10. The molecule has 70 valence electrons. The first-order valence-corrected chi connectivity index (χ1v) is 4.96. The Labute approximate surface area is 79.4 Å². The fraction of sp³-hybridized carbons (Fsp3) is 0.545. The Morgan fingerprint density at radius 3 is 3.08 bits per heavy atom. The summed E-state index contributed by atoms with van der Waals surface area (Å²) in [6.07, 6.45) is 3.10. The summed E-state index contributed by atoms with van der Waals surface area (Å²) in [5.74, 6) is 0.583. The minimum atomic E-state index is 0.583. The Morgan fingerprint density at radius 1 is 1.46 bits per heavy atom. The van der Waals surface area contributed by atoms with Crippen LogP contribution in [0.25, 0.3) is 0 Å². The van der Waals surface area contributed by atoms with E-state index in [0.29, 0.717) is 5.92 Å².